The molecule has 0 radical (unpaired) electrons. The first kappa shape index (κ1) is 29.3. The van der Waals surface area contributed by atoms with Crippen LogP contribution in [-0.4, -0.2) is 38.5 Å². The molecule has 0 heterocycles. The smallest absolute Gasteiger partial charge is 0.0496 e. The fraction of sp³-hybridized carbons (Fsp3) is 0.846. The Hall–Kier alpha value is 0.300. The molecule has 0 aliphatic heterocycles. The van der Waals surface area contributed by atoms with Gasteiger partial charge in [-0.3, -0.25) is 0 Å². The van der Waals surface area contributed by atoms with Gasteiger partial charge in [-0.05, 0) is 52.7 Å². The lowest BCUT2D eigenvalue weighted by Gasteiger charge is -2.41. The molecule has 0 rings (SSSR count). The third kappa shape index (κ3) is 12.1. The van der Waals surface area contributed by atoms with E-state index >= 15 is 0 Å². The van der Waals surface area contributed by atoms with Gasteiger partial charge < -0.3 is 5.73 Å². The maximum atomic E-state index is 6.53. The van der Waals surface area contributed by atoms with Gasteiger partial charge in [-0.2, -0.15) is 0 Å². The predicted octanol–water partition coefficient (Wildman–Crippen LogP) is 8.75. The Labute approximate surface area is 187 Å². The summed E-state index contributed by atoms with van der Waals surface area (Å²) in [6.07, 6.45) is 13.8. The summed E-state index contributed by atoms with van der Waals surface area (Å²) < 4.78 is 0. The zero-order chi connectivity index (χ0) is 23.3. The summed E-state index contributed by atoms with van der Waals surface area (Å²) in [5.74, 6) is 0. The number of hydrogen-bond acceptors (Lipinski definition) is 1. The van der Waals surface area contributed by atoms with Crippen molar-refractivity contribution < 1.29 is 0 Å². The van der Waals surface area contributed by atoms with Gasteiger partial charge in [0, 0.05) is 5.54 Å². The Bertz CT molecular complexity index is 455. The monoisotopic (exact) mass is 441 g/mol. The zero-order valence-electron chi connectivity index (χ0n) is 22.1. The highest BCUT2D eigenvalue weighted by Gasteiger charge is 2.34. The molecule has 0 saturated heterocycles. The van der Waals surface area contributed by atoms with Crippen molar-refractivity contribution in [1.29, 1.82) is 0 Å². The third-order valence-corrected chi connectivity index (χ3v) is 13.1. The predicted molar refractivity (Wildman–Crippen MR) is 143 cm³/mol. The first-order chi connectivity index (χ1) is 12.7. The molecule has 2 N–H and O–H groups in total. The largest absolute Gasteiger partial charge is 0.319 e. The van der Waals surface area contributed by atoms with Crippen LogP contribution in [0.15, 0.2) is 24.3 Å². The van der Waals surface area contributed by atoms with E-state index in [1.54, 1.807) is 0 Å². The Morgan fingerprint density at radius 3 is 0.966 bits per heavy atom. The van der Waals surface area contributed by atoms with Crippen LogP contribution in [0.25, 0.3) is 0 Å². The van der Waals surface area contributed by atoms with Gasteiger partial charge in [-0.1, -0.05) is 123 Å². The Kier molecular flexibility index (Phi) is 10.9. The minimum Gasteiger partial charge on any atom is -0.319 e. The molecule has 0 unspecified atom stereocenters. The van der Waals surface area contributed by atoms with Gasteiger partial charge in [0.05, 0.1) is 0 Å². The van der Waals surface area contributed by atoms with Gasteiger partial charge in [-0.25, -0.2) is 0 Å². The van der Waals surface area contributed by atoms with Gasteiger partial charge in [0.25, 0.3) is 0 Å². The second-order valence-corrected chi connectivity index (χ2v) is 20.7. The molecule has 0 fully saturated rings. The van der Waals surface area contributed by atoms with Crippen molar-refractivity contribution in [3.63, 3.8) is 0 Å². The molecule has 3 heteroatoms. The van der Waals surface area contributed by atoms with E-state index in [0.717, 1.165) is 12.8 Å². The summed E-state index contributed by atoms with van der Waals surface area (Å²) in [7, 11) is -0.0832. The molecule has 0 spiro atoms. The van der Waals surface area contributed by atoms with Gasteiger partial charge in [-0.15, -0.1) is 0 Å². The van der Waals surface area contributed by atoms with E-state index in [0.29, 0.717) is 20.6 Å². The zero-order valence-corrected chi connectivity index (χ0v) is 23.9. The van der Waals surface area contributed by atoms with Crippen molar-refractivity contribution >= 4 is 15.8 Å². The number of allylic oxidation sites excluding steroid dienone is 2. The van der Waals surface area contributed by atoms with Crippen molar-refractivity contribution in [3.05, 3.63) is 24.3 Å². The van der Waals surface area contributed by atoms with E-state index in [1.807, 2.05) is 0 Å². The van der Waals surface area contributed by atoms with Crippen molar-refractivity contribution in [3.8, 4) is 0 Å². The molecule has 0 aromatic rings. The standard InChI is InChI=1S/C26H53NP2/c1-22(2,3)28(23(4,5)6)20-16-14-18-26(13,27)19-15-17-21-29(24(7,8)9)25(10,11)12/h14-15,18-19H,16-17,20-21,27H2,1-13H3. The Balaban J connectivity index is 4.79. The highest BCUT2D eigenvalue weighted by molar-refractivity contribution is 7.61. The van der Waals surface area contributed by atoms with Crippen molar-refractivity contribution in [2.24, 2.45) is 5.73 Å². The van der Waals surface area contributed by atoms with Crippen LogP contribution in [0, 0.1) is 0 Å². The average Bonchev–Trinajstić information content (AvgIpc) is 2.40. The van der Waals surface area contributed by atoms with Gasteiger partial charge in [0.2, 0.25) is 0 Å². The maximum absolute atomic E-state index is 6.53. The van der Waals surface area contributed by atoms with Crippen LogP contribution in [0.4, 0.5) is 0 Å². The molecular weight excluding hydrogens is 388 g/mol. The van der Waals surface area contributed by atoms with Crippen LogP contribution in [0.2, 0.25) is 0 Å². The van der Waals surface area contributed by atoms with Crippen LogP contribution in [0.5, 0.6) is 0 Å². The van der Waals surface area contributed by atoms with Crippen molar-refractivity contribution in [2.45, 2.75) is 129 Å². The molecular formula is C26H53NP2. The van der Waals surface area contributed by atoms with E-state index in [4.69, 9.17) is 5.73 Å². The molecule has 0 bridgehead atoms. The molecule has 0 aliphatic rings. The fourth-order valence-electron chi connectivity index (χ4n) is 4.49. The molecule has 0 aromatic carbocycles. The molecule has 0 aromatic heterocycles. The second-order valence-electron chi connectivity index (χ2n) is 12.7. The number of rotatable bonds is 8. The van der Waals surface area contributed by atoms with Gasteiger partial charge in [0.15, 0.2) is 0 Å². The highest BCUT2D eigenvalue weighted by Crippen LogP contribution is 2.60. The summed E-state index contributed by atoms with van der Waals surface area (Å²) >= 11 is 0. The van der Waals surface area contributed by atoms with Crippen LogP contribution in [-0.2, 0) is 0 Å². The SMILES string of the molecule is CC(N)(C=CCCP(C(C)(C)C)C(C)(C)C)C=CCCP(C(C)(C)C)C(C)(C)C. The molecule has 0 saturated carbocycles. The van der Waals surface area contributed by atoms with Crippen molar-refractivity contribution in [1.82, 2.24) is 0 Å². The molecule has 0 aliphatic carbocycles. The lowest BCUT2D eigenvalue weighted by Crippen LogP contribution is -2.31. The first-order valence-electron chi connectivity index (χ1n) is 11.4. The van der Waals surface area contributed by atoms with E-state index < -0.39 is 0 Å². The van der Waals surface area contributed by atoms with Gasteiger partial charge >= 0.3 is 0 Å². The summed E-state index contributed by atoms with van der Waals surface area (Å²) in [6, 6.07) is 0. The van der Waals surface area contributed by atoms with Gasteiger partial charge in [0.1, 0.15) is 0 Å². The Morgan fingerprint density at radius 1 is 0.517 bits per heavy atom. The van der Waals surface area contributed by atoms with E-state index in [-0.39, 0.29) is 21.4 Å². The first-order valence-corrected chi connectivity index (χ1v) is 14.4. The minimum absolute atomic E-state index is 0.0416. The third-order valence-electron chi connectivity index (χ3n) is 5.23. The number of nitrogens with two attached hydrogens (primary N) is 1. The van der Waals surface area contributed by atoms with Crippen LogP contribution < -0.4 is 5.73 Å². The van der Waals surface area contributed by atoms with Crippen LogP contribution >= 0.6 is 15.8 Å². The average molecular weight is 442 g/mol. The fourth-order valence-corrected chi connectivity index (χ4v) is 12.0. The van der Waals surface area contributed by atoms with Crippen LogP contribution in [0.3, 0.4) is 0 Å². The van der Waals surface area contributed by atoms with E-state index in [9.17, 15) is 0 Å². The summed E-state index contributed by atoms with van der Waals surface area (Å²) in [6.45, 7) is 30.9. The number of hydrogen-bond donors (Lipinski definition) is 1. The van der Waals surface area contributed by atoms with Crippen molar-refractivity contribution in [2.75, 3.05) is 12.3 Å². The normalized spacial score (nSPS) is 17.1. The quantitative estimate of drug-likeness (QED) is 0.296. The minimum atomic E-state index is -0.349. The molecule has 0 amide bonds. The maximum Gasteiger partial charge on any atom is 0.0496 e. The summed E-state index contributed by atoms with van der Waals surface area (Å²) in [5.41, 5.74) is 6.18. The Morgan fingerprint density at radius 2 is 0.759 bits per heavy atom. The summed E-state index contributed by atoms with van der Waals surface area (Å²) in [5, 5.41) is 1.58. The highest BCUT2D eigenvalue weighted by atomic mass is 31.1. The van der Waals surface area contributed by atoms with E-state index in [1.165, 1.54) is 12.3 Å². The summed E-state index contributed by atoms with van der Waals surface area (Å²) in [4.78, 5) is 0. The lowest BCUT2D eigenvalue weighted by atomic mass is 10.0. The molecule has 1 nitrogen and oxygen atoms in total. The second kappa shape index (κ2) is 10.7. The van der Waals surface area contributed by atoms with Crippen LogP contribution in [0.1, 0.15) is 103 Å². The van der Waals surface area contributed by atoms with E-state index in [2.05, 4.69) is 114 Å². The molecule has 172 valence electrons. The molecule has 29 heavy (non-hydrogen) atoms. The lowest BCUT2D eigenvalue weighted by molar-refractivity contribution is 0.701. The molecule has 0 atom stereocenters. The topological polar surface area (TPSA) is 26.0 Å².